The van der Waals surface area contributed by atoms with Crippen LogP contribution in [0.3, 0.4) is 0 Å². The molecular weight excluding hydrogens is 303 g/mol. The van der Waals surface area contributed by atoms with E-state index in [4.69, 9.17) is 9.15 Å². The number of rotatable bonds is 3. The second-order valence-electron chi connectivity index (χ2n) is 4.39. The second kappa shape index (κ2) is 4.45. The molecule has 2 heterocycles. The highest BCUT2D eigenvalue weighted by Crippen LogP contribution is 2.40. The maximum absolute atomic E-state index is 6.04. The van der Waals surface area contributed by atoms with Crippen LogP contribution in [0.2, 0.25) is 0 Å². The van der Waals surface area contributed by atoms with Gasteiger partial charge < -0.3 is 9.15 Å². The fraction of sp³-hybridized carbons (Fsp3) is 0.667. The third-order valence-corrected chi connectivity index (χ3v) is 4.61. The van der Waals surface area contributed by atoms with Crippen LogP contribution >= 0.6 is 22.6 Å². The van der Waals surface area contributed by atoms with Gasteiger partial charge in [0.15, 0.2) is 0 Å². The Kier molecular flexibility index (Phi) is 3.40. The predicted molar refractivity (Wildman–Crippen MR) is 68.4 cm³/mol. The molecule has 0 N–H and O–H groups in total. The van der Waals surface area contributed by atoms with Gasteiger partial charge in [-0.25, -0.2) is 0 Å². The Morgan fingerprint density at radius 2 is 2.33 bits per heavy atom. The van der Waals surface area contributed by atoms with E-state index in [1.54, 1.807) is 0 Å². The van der Waals surface area contributed by atoms with Gasteiger partial charge in [0.25, 0.3) is 0 Å². The van der Waals surface area contributed by atoms with E-state index >= 15 is 0 Å². The summed E-state index contributed by atoms with van der Waals surface area (Å²) in [6.45, 7) is 4.29. The summed E-state index contributed by atoms with van der Waals surface area (Å²) in [5.41, 5.74) is 0.0460. The first-order valence-corrected chi connectivity index (χ1v) is 7.02. The van der Waals surface area contributed by atoms with Gasteiger partial charge in [-0.2, -0.15) is 0 Å². The van der Waals surface area contributed by atoms with Gasteiger partial charge in [-0.3, -0.25) is 0 Å². The van der Waals surface area contributed by atoms with Crippen LogP contribution in [0.25, 0.3) is 0 Å². The molecule has 2 unspecified atom stereocenters. The maximum atomic E-state index is 6.04. The van der Waals surface area contributed by atoms with Crippen LogP contribution in [0, 0.1) is 0 Å². The summed E-state index contributed by atoms with van der Waals surface area (Å²) in [5, 5.41) is 0. The summed E-state index contributed by atoms with van der Waals surface area (Å²) in [4.78, 5) is 0. The monoisotopic (exact) mass is 320 g/mol. The van der Waals surface area contributed by atoms with Crippen LogP contribution in [-0.4, -0.2) is 10.0 Å². The van der Waals surface area contributed by atoms with Crippen molar-refractivity contribution in [3.05, 3.63) is 23.7 Å². The molecule has 0 aliphatic carbocycles. The molecule has 0 saturated carbocycles. The Hall–Kier alpha value is -0.0300. The van der Waals surface area contributed by atoms with Crippen molar-refractivity contribution in [2.75, 3.05) is 4.43 Å². The van der Waals surface area contributed by atoms with E-state index in [-0.39, 0.29) is 11.7 Å². The third kappa shape index (κ3) is 2.38. The lowest BCUT2D eigenvalue weighted by Gasteiger charge is -2.21. The molecule has 1 aliphatic rings. The summed E-state index contributed by atoms with van der Waals surface area (Å²) in [6, 6.07) is 4.11. The number of ether oxygens (including phenoxy) is 1. The number of alkyl halides is 1. The average molecular weight is 320 g/mol. The molecule has 1 saturated heterocycles. The molecule has 0 spiro atoms. The summed E-state index contributed by atoms with van der Waals surface area (Å²) in [7, 11) is 0. The summed E-state index contributed by atoms with van der Waals surface area (Å²) in [6.07, 6.45) is 3.33. The number of aryl methyl sites for hydroxylation is 1. The van der Waals surface area contributed by atoms with Gasteiger partial charge in [-0.05, 0) is 31.9 Å². The zero-order valence-corrected chi connectivity index (χ0v) is 11.4. The molecule has 2 atom stereocenters. The Morgan fingerprint density at radius 3 is 2.87 bits per heavy atom. The van der Waals surface area contributed by atoms with Crippen LogP contribution < -0.4 is 0 Å². The Labute approximate surface area is 105 Å². The van der Waals surface area contributed by atoms with Gasteiger partial charge in [0.2, 0.25) is 0 Å². The fourth-order valence-electron chi connectivity index (χ4n) is 1.95. The molecule has 0 radical (unpaired) electrons. The molecule has 15 heavy (non-hydrogen) atoms. The van der Waals surface area contributed by atoms with Crippen LogP contribution in [0.1, 0.15) is 44.3 Å². The minimum atomic E-state index is 0.0460. The highest BCUT2D eigenvalue weighted by molar-refractivity contribution is 14.1. The van der Waals surface area contributed by atoms with E-state index in [1.165, 1.54) is 0 Å². The van der Waals surface area contributed by atoms with E-state index in [0.717, 1.165) is 35.2 Å². The van der Waals surface area contributed by atoms with Crippen molar-refractivity contribution in [3.63, 3.8) is 0 Å². The molecule has 0 aromatic carbocycles. The largest absolute Gasteiger partial charge is 0.463 e. The van der Waals surface area contributed by atoms with Crippen molar-refractivity contribution in [2.45, 2.75) is 44.8 Å². The lowest BCUT2D eigenvalue weighted by atomic mass is 10.1. The highest BCUT2D eigenvalue weighted by atomic mass is 127. The van der Waals surface area contributed by atoms with E-state index in [0.29, 0.717) is 0 Å². The normalized spacial score (nSPS) is 31.0. The average Bonchev–Trinajstić information content (AvgIpc) is 2.84. The first-order chi connectivity index (χ1) is 7.17. The lowest BCUT2D eigenvalue weighted by Crippen LogP contribution is -2.24. The molecule has 1 aliphatic heterocycles. The van der Waals surface area contributed by atoms with Gasteiger partial charge in [0, 0.05) is 10.8 Å². The molecule has 0 amide bonds. The predicted octanol–water partition coefficient (Wildman–Crippen LogP) is 3.89. The molecule has 3 heteroatoms. The summed E-state index contributed by atoms with van der Waals surface area (Å²) in [5.74, 6) is 2.05. The van der Waals surface area contributed by atoms with Crippen molar-refractivity contribution in [3.8, 4) is 0 Å². The molecule has 2 rings (SSSR count). The Bertz CT molecular complexity index is 334. The van der Waals surface area contributed by atoms with E-state index in [1.807, 2.05) is 0 Å². The standard InChI is InChI=1S/C12H17IO2/c1-3-9-4-5-10(14-9)11-6-7-12(2,8-13)15-11/h4-5,11H,3,6-8H2,1-2H3. The van der Waals surface area contributed by atoms with Crippen LogP contribution in [-0.2, 0) is 11.2 Å². The number of hydrogen-bond acceptors (Lipinski definition) is 2. The first-order valence-electron chi connectivity index (χ1n) is 5.49. The van der Waals surface area contributed by atoms with Gasteiger partial charge >= 0.3 is 0 Å². The topological polar surface area (TPSA) is 22.4 Å². The molecule has 1 aromatic rings. The zero-order valence-electron chi connectivity index (χ0n) is 9.25. The van der Waals surface area contributed by atoms with Gasteiger partial charge in [-0.1, -0.05) is 29.5 Å². The molecular formula is C12H17IO2. The van der Waals surface area contributed by atoms with Gasteiger partial charge in [0.1, 0.15) is 17.6 Å². The van der Waals surface area contributed by atoms with Crippen molar-refractivity contribution in [1.82, 2.24) is 0 Å². The molecule has 2 nitrogen and oxygen atoms in total. The van der Waals surface area contributed by atoms with Gasteiger partial charge in [0.05, 0.1) is 5.60 Å². The van der Waals surface area contributed by atoms with E-state index < -0.39 is 0 Å². The number of hydrogen-bond donors (Lipinski definition) is 0. The maximum Gasteiger partial charge on any atom is 0.132 e. The fourth-order valence-corrected chi connectivity index (χ4v) is 2.52. The molecule has 84 valence electrons. The molecule has 0 bridgehead atoms. The van der Waals surface area contributed by atoms with E-state index in [9.17, 15) is 0 Å². The number of halogens is 1. The SMILES string of the molecule is CCc1ccc(C2CCC(C)(CI)O2)o1. The van der Waals surface area contributed by atoms with Gasteiger partial charge in [-0.15, -0.1) is 0 Å². The highest BCUT2D eigenvalue weighted by Gasteiger charge is 2.37. The van der Waals surface area contributed by atoms with E-state index in [2.05, 4.69) is 48.6 Å². The molecule has 1 aromatic heterocycles. The summed E-state index contributed by atoms with van der Waals surface area (Å²) >= 11 is 2.39. The summed E-state index contributed by atoms with van der Waals surface area (Å²) < 4.78 is 12.8. The third-order valence-electron chi connectivity index (χ3n) is 2.99. The van der Waals surface area contributed by atoms with Crippen molar-refractivity contribution in [1.29, 1.82) is 0 Å². The number of furan rings is 1. The Balaban J connectivity index is 2.07. The minimum absolute atomic E-state index is 0.0460. The molecule has 1 fully saturated rings. The Morgan fingerprint density at radius 1 is 1.53 bits per heavy atom. The van der Waals surface area contributed by atoms with Crippen molar-refractivity contribution in [2.24, 2.45) is 0 Å². The van der Waals surface area contributed by atoms with Crippen molar-refractivity contribution >= 4 is 22.6 Å². The minimum Gasteiger partial charge on any atom is -0.463 e. The van der Waals surface area contributed by atoms with Crippen LogP contribution in [0.5, 0.6) is 0 Å². The van der Waals surface area contributed by atoms with Crippen LogP contribution in [0.15, 0.2) is 16.5 Å². The first kappa shape index (κ1) is 11.5. The smallest absolute Gasteiger partial charge is 0.132 e. The zero-order chi connectivity index (χ0) is 10.9. The second-order valence-corrected chi connectivity index (χ2v) is 5.15. The quantitative estimate of drug-likeness (QED) is 0.623. The lowest BCUT2D eigenvalue weighted by molar-refractivity contribution is -0.0202. The van der Waals surface area contributed by atoms with Crippen molar-refractivity contribution < 1.29 is 9.15 Å². The van der Waals surface area contributed by atoms with Crippen LogP contribution in [0.4, 0.5) is 0 Å².